The van der Waals surface area contributed by atoms with Gasteiger partial charge in [-0.2, -0.15) is 21.6 Å². The molecule has 0 fully saturated rings. The van der Waals surface area contributed by atoms with Crippen molar-refractivity contribution in [3.63, 3.8) is 0 Å². The average Bonchev–Trinajstić information content (AvgIpc) is 3.00. The molecule has 0 spiro atoms. The monoisotopic (exact) mass is 727 g/mol. The summed E-state index contributed by atoms with van der Waals surface area (Å²) in [6.07, 6.45) is 6.56. The van der Waals surface area contributed by atoms with Crippen LogP contribution < -0.4 is 9.50 Å². The Kier molecular flexibility index (Phi) is 13.5. The molecule has 0 aliphatic heterocycles. The van der Waals surface area contributed by atoms with E-state index in [-0.39, 0.29) is 21.2 Å². The molecule has 250 valence electrons. The van der Waals surface area contributed by atoms with Gasteiger partial charge in [-0.3, -0.25) is 4.79 Å². The number of carbonyl (C=O) groups is 2. The normalized spacial score (nSPS) is 11.8. The summed E-state index contributed by atoms with van der Waals surface area (Å²) in [6.45, 7) is 2.57. The van der Waals surface area contributed by atoms with Crippen LogP contribution in [0.25, 0.3) is 11.1 Å². The number of rotatable bonds is 17. The number of aromatic hydroxyl groups is 1. The van der Waals surface area contributed by atoms with Crippen LogP contribution >= 0.6 is 15.9 Å². The summed E-state index contributed by atoms with van der Waals surface area (Å²) in [5, 5.41) is 21.9. The van der Waals surface area contributed by atoms with Gasteiger partial charge in [-0.05, 0) is 64.3 Å². The van der Waals surface area contributed by atoms with Crippen LogP contribution in [-0.4, -0.2) is 37.1 Å². The third kappa shape index (κ3) is 10.5. The highest BCUT2D eigenvalue weighted by molar-refractivity contribution is 9.10. The van der Waals surface area contributed by atoms with Crippen molar-refractivity contribution in [3.8, 4) is 22.6 Å². The van der Waals surface area contributed by atoms with E-state index in [1.54, 1.807) is 0 Å². The summed E-state index contributed by atoms with van der Waals surface area (Å²) >= 11 is 3.21. The van der Waals surface area contributed by atoms with Crippen molar-refractivity contribution in [1.29, 1.82) is 0 Å². The summed E-state index contributed by atoms with van der Waals surface area (Å²) < 4.78 is 72.3. The summed E-state index contributed by atoms with van der Waals surface area (Å²) in [4.78, 5) is 23.7. The molecule has 8 nitrogen and oxygen atoms in total. The van der Waals surface area contributed by atoms with Crippen molar-refractivity contribution in [2.75, 3.05) is 6.54 Å². The smallest absolute Gasteiger partial charge is 0.416 e. The third-order valence-electron chi connectivity index (χ3n) is 7.30. The SMILES string of the molecule is CCCCCCCCCCCCNC(=O)c1cc(Br)c(OS(=O)(=O)c2ccc(C(=O)O)c(O)c2)c(-c2cccc(C(F)(F)F)c2)c1. The summed E-state index contributed by atoms with van der Waals surface area (Å²) in [6, 6.07) is 9.12. The van der Waals surface area contributed by atoms with Crippen LogP contribution in [0.5, 0.6) is 11.5 Å². The van der Waals surface area contributed by atoms with Gasteiger partial charge in [0.05, 0.1) is 10.0 Å². The number of benzene rings is 3. The van der Waals surface area contributed by atoms with Gasteiger partial charge in [0.25, 0.3) is 5.91 Å². The van der Waals surface area contributed by atoms with E-state index in [2.05, 4.69) is 28.2 Å². The summed E-state index contributed by atoms with van der Waals surface area (Å²) in [5.74, 6) is -3.23. The Morgan fingerprint density at radius 2 is 1.52 bits per heavy atom. The number of hydrogen-bond acceptors (Lipinski definition) is 6. The number of alkyl halides is 3. The molecule has 0 atom stereocenters. The predicted octanol–water partition coefficient (Wildman–Crippen LogP) is 8.96. The van der Waals surface area contributed by atoms with Crippen molar-refractivity contribution >= 4 is 37.9 Å². The van der Waals surface area contributed by atoms with Gasteiger partial charge in [0.1, 0.15) is 16.2 Å². The first-order valence-corrected chi connectivity index (χ1v) is 17.2. The number of carboxylic acids is 1. The number of unbranched alkanes of at least 4 members (excludes halogenated alkanes) is 9. The number of amides is 1. The van der Waals surface area contributed by atoms with Gasteiger partial charge in [-0.1, -0.05) is 76.8 Å². The molecule has 0 unspecified atom stereocenters. The van der Waals surface area contributed by atoms with E-state index in [9.17, 15) is 36.3 Å². The maximum absolute atomic E-state index is 13.6. The molecule has 0 aliphatic rings. The molecule has 3 rings (SSSR count). The van der Waals surface area contributed by atoms with Crippen molar-refractivity contribution in [2.45, 2.75) is 82.2 Å². The quantitative estimate of drug-likeness (QED) is 0.0935. The zero-order valence-corrected chi connectivity index (χ0v) is 27.7. The lowest BCUT2D eigenvalue weighted by atomic mass is 9.99. The van der Waals surface area contributed by atoms with Crippen molar-refractivity contribution in [3.05, 3.63) is 75.8 Å². The molecule has 0 saturated carbocycles. The van der Waals surface area contributed by atoms with Crippen LogP contribution in [0.3, 0.4) is 0 Å². The molecule has 0 aromatic heterocycles. The van der Waals surface area contributed by atoms with E-state index >= 15 is 0 Å². The molecule has 0 aliphatic carbocycles. The zero-order valence-electron chi connectivity index (χ0n) is 25.3. The molecule has 0 heterocycles. The van der Waals surface area contributed by atoms with E-state index < -0.39 is 55.7 Å². The zero-order chi connectivity index (χ0) is 33.9. The molecule has 46 heavy (non-hydrogen) atoms. The van der Waals surface area contributed by atoms with Gasteiger partial charge in [-0.15, -0.1) is 0 Å². The summed E-state index contributed by atoms with van der Waals surface area (Å²) in [7, 11) is -4.74. The first-order valence-electron chi connectivity index (χ1n) is 15.0. The fourth-order valence-corrected chi connectivity index (χ4v) is 6.44. The minimum atomic E-state index is -4.74. The highest BCUT2D eigenvalue weighted by Crippen LogP contribution is 2.41. The predicted molar refractivity (Wildman–Crippen MR) is 172 cm³/mol. The van der Waals surface area contributed by atoms with Crippen LogP contribution in [0, 0.1) is 0 Å². The topological polar surface area (TPSA) is 130 Å². The van der Waals surface area contributed by atoms with Gasteiger partial charge >= 0.3 is 22.3 Å². The minimum absolute atomic E-state index is 0.0403. The van der Waals surface area contributed by atoms with Gasteiger partial charge in [0.2, 0.25) is 0 Å². The maximum atomic E-state index is 13.6. The lowest BCUT2D eigenvalue weighted by Crippen LogP contribution is -2.24. The van der Waals surface area contributed by atoms with Gasteiger partial charge in [-0.25, -0.2) is 4.79 Å². The number of carboxylic acid groups (broad SMARTS) is 1. The maximum Gasteiger partial charge on any atom is 0.416 e. The molecule has 0 radical (unpaired) electrons. The standard InChI is InChI=1S/C33H37BrF3NO7S/c1-2-3-4-5-6-7-8-9-10-11-17-38-31(40)23-19-27(22-13-12-14-24(18-22)33(35,36)37)30(28(34)20-23)45-46(43,44)25-15-16-26(32(41)42)29(39)21-25/h12-16,18-21,39H,2-11,17H2,1H3,(H,38,40)(H,41,42). The van der Waals surface area contributed by atoms with E-state index in [1.807, 2.05) is 0 Å². The van der Waals surface area contributed by atoms with Gasteiger partial charge < -0.3 is 19.7 Å². The van der Waals surface area contributed by atoms with E-state index in [1.165, 1.54) is 56.7 Å². The Hall–Kier alpha value is -3.58. The molecule has 3 N–H and O–H groups in total. The van der Waals surface area contributed by atoms with Crippen molar-refractivity contribution < 1.29 is 45.6 Å². The molecule has 3 aromatic rings. The molecule has 0 bridgehead atoms. The third-order valence-corrected chi connectivity index (χ3v) is 9.11. The van der Waals surface area contributed by atoms with Crippen LogP contribution in [-0.2, 0) is 16.3 Å². The van der Waals surface area contributed by atoms with Crippen molar-refractivity contribution in [2.24, 2.45) is 0 Å². The Balaban J connectivity index is 1.82. The molecular weight excluding hydrogens is 691 g/mol. The largest absolute Gasteiger partial charge is 0.507 e. The Bertz CT molecular complexity index is 1630. The lowest BCUT2D eigenvalue weighted by Gasteiger charge is -2.17. The summed E-state index contributed by atoms with van der Waals surface area (Å²) in [5.41, 5.74) is -1.69. The second-order valence-corrected chi connectivity index (χ2v) is 13.3. The molecule has 1 amide bonds. The highest BCUT2D eigenvalue weighted by atomic mass is 79.9. The molecule has 3 aromatic carbocycles. The van der Waals surface area contributed by atoms with Crippen molar-refractivity contribution in [1.82, 2.24) is 5.32 Å². The number of nitrogens with one attached hydrogen (secondary N) is 1. The Morgan fingerprint density at radius 1 is 0.891 bits per heavy atom. The number of phenols is 1. The van der Waals surface area contributed by atoms with Crippen LogP contribution in [0.4, 0.5) is 13.2 Å². The van der Waals surface area contributed by atoms with Crippen LogP contribution in [0.2, 0.25) is 0 Å². The Labute approximate surface area is 275 Å². The minimum Gasteiger partial charge on any atom is -0.507 e. The van der Waals surface area contributed by atoms with Gasteiger partial charge in [0.15, 0.2) is 5.75 Å². The molecular formula is C33H37BrF3NO7S. The van der Waals surface area contributed by atoms with Gasteiger partial charge in [0, 0.05) is 23.7 Å². The molecule has 13 heteroatoms. The first kappa shape index (κ1) is 36.9. The number of hydrogen-bond donors (Lipinski definition) is 3. The fourth-order valence-electron chi connectivity index (χ4n) is 4.81. The molecule has 0 saturated heterocycles. The first-order chi connectivity index (χ1) is 21.7. The van der Waals surface area contributed by atoms with Crippen LogP contribution in [0.15, 0.2) is 64.0 Å². The van der Waals surface area contributed by atoms with E-state index in [0.29, 0.717) is 12.6 Å². The Morgan fingerprint density at radius 3 is 2.11 bits per heavy atom. The van der Waals surface area contributed by atoms with Crippen LogP contribution in [0.1, 0.15) is 97.4 Å². The number of halogens is 4. The van der Waals surface area contributed by atoms with E-state index in [4.69, 9.17) is 9.29 Å². The lowest BCUT2D eigenvalue weighted by molar-refractivity contribution is -0.137. The van der Waals surface area contributed by atoms with E-state index in [0.717, 1.165) is 56.0 Å². The second kappa shape index (κ2) is 16.8. The number of carbonyl (C=O) groups excluding carboxylic acids is 1. The second-order valence-electron chi connectivity index (χ2n) is 10.9. The number of aromatic carboxylic acids is 1. The fraction of sp³-hybridized carbons (Fsp3) is 0.394. The average molecular weight is 729 g/mol. The highest BCUT2D eigenvalue weighted by Gasteiger charge is 2.31.